The van der Waals surface area contributed by atoms with Crippen LogP contribution in [0.1, 0.15) is 0 Å². The lowest BCUT2D eigenvalue weighted by Crippen LogP contribution is -1.85. The van der Waals surface area contributed by atoms with E-state index in [1.807, 2.05) is 0 Å². The van der Waals surface area contributed by atoms with Crippen molar-refractivity contribution in [2.24, 2.45) is 9.98 Å². The van der Waals surface area contributed by atoms with E-state index in [2.05, 4.69) is 39.3 Å². The molecule has 0 atom stereocenters. The van der Waals surface area contributed by atoms with Gasteiger partial charge in [0.2, 0.25) is 0 Å². The summed E-state index contributed by atoms with van der Waals surface area (Å²) in [6, 6.07) is 3.49. The standard InChI is InChI=1S/C8H8BrN3/c1-11-6-4-3-5(10)7(9)8(6)12-2/h3-4H,1-2,10H2. The van der Waals surface area contributed by atoms with Crippen molar-refractivity contribution >= 4 is 46.4 Å². The highest BCUT2D eigenvalue weighted by molar-refractivity contribution is 9.10. The largest absolute Gasteiger partial charge is 0.398 e. The topological polar surface area (TPSA) is 50.7 Å². The highest BCUT2D eigenvalue weighted by Crippen LogP contribution is 2.38. The first-order valence-electron chi connectivity index (χ1n) is 3.22. The lowest BCUT2D eigenvalue weighted by Gasteiger charge is -2.04. The molecule has 0 aliphatic rings. The Morgan fingerprint density at radius 3 is 2.42 bits per heavy atom. The maximum atomic E-state index is 5.62. The number of nitrogens with two attached hydrogens (primary N) is 1. The molecule has 0 unspecified atom stereocenters. The van der Waals surface area contributed by atoms with Crippen molar-refractivity contribution in [1.82, 2.24) is 0 Å². The minimum atomic E-state index is 0.616. The molecule has 0 amide bonds. The SMILES string of the molecule is C=Nc1ccc(N)c(Br)c1N=C. The van der Waals surface area contributed by atoms with Crippen LogP contribution in [0.5, 0.6) is 0 Å². The average Bonchev–Trinajstić information content (AvgIpc) is 2.09. The average molecular weight is 226 g/mol. The second-order valence-electron chi connectivity index (χ2n) is 2.15. The Morgan fingerprint density at radius 1 is 1.25 bits per heavy atom. The molecule has 0 aliphatic carbocycles. The Morgan fingerprint density at radius 2 is 1.92 bits per heavy atom. The molecule has 0 radical (unpaired) electrons. The normalized spacial score (nSPS) is 9.42. The first kappa shape index (κ1) is 8.93. The molecule has 4 heteroatoms. The predicted octanol–water partition coefficient (Wildman–Crippen LogP) is 2.70. The molecule has 1 rings (SSSR count). The minimum absolute atomic E-state index is 0.616. The maximum Gasteiger partial charge on any atom is 0.104 e. The Balaban J connectivity index is 3.45. The van der Waals surface area contributed by atoms with Crippen LogP contribution in [0.2, 0.25) is 0 Å². The molecule has 0 heterocycles. The molecule has 12 heavy (non-hydrogen) atoms. The highest BCUT2D eigenvalue weighted by Gasteiger charge is 2.05. The van der Waals surface area contributed by atoms with Crippen molar-refractivity contribution < 1.29 is 0 Å². The van der Waals surface area contributed by atoms with Gasteiger partial charge in [-0.15, -0.1) is 0 Å². The fraction of sp³-hybridized carbons (Fsp3) is 0. The summed E-state index contributed by atoms with van der Waals surface area (Å²) in [4.78, 5) is 7.57. The number of aliphatic imine (C=N–C) groups is 2. The molecule has 62 valence electrons. The van der Waals surface area contributed by atoms with E-state index in [9.17, 15) is 0 Å². The zero-order valence-corrected chi connectivity index (χ0v) is 8.00. The Hall–Kier alpha value is -1.16. The summed E-state index contributed by atoms with van der Waals surface area (Å²) in [6.45, 7) is 6.83. The number of benzene rings is 1. The van der Waals surface area contributed by atoms with Crippen LogP contribution in [0.25, 0.3) is 0 Å². The first-order chi connectivity index (χ1) is 5.70. The number of halogens is 1. The molecular weight excluding hydrogens is 218 g/mol. The van der Waals surface area contributed by atoms with E-state index in [0.29, 0.717) is 21.5 Å². The minimum Gasteiger partial charge on any atom is -0.398 e. The number of nitrogen functional groups attached to an aromatic ring is 1. The lowest BCUT2D eigenvalue weighted by molar-refractivity contribution is 1.45. The fourth-order valence-electron chi connectivity index (χ4n) is 0.848. The van der Waals surface area contributed by atoms with Crippen molar-refractivity contribution in [3.05, 3.63) is 16.6 Å². The van der Waals surface area contributed by atoms with E-state index in [4.69, 9.17) is 5.73 Å². The van der Waals surface area contributed by atoms with Crippen molar-refractivity contribution in [2.75, 3.05) is 5.73 Å². The summed E-state index contributed by atoms with van der Waals surface area (Å²) in [5.41, 5.74) is 7.54. The van der Waals surface area contributed by atoms with Gasteiger partial charge in [0.05, 0.1) is 10.2 Å². The molecule has 0 bridgehead atoms. The van der Waals surface area contributed by atoms with Crippen LogP contribution < -0.4 is 5.73 Å². The monoisotopic (exact) mass is 225 g/mol. The van der Waals surface area contributed by atoms with Gasteiger partial charge < -0.3 is 5.73 Å². The molecule has 0 fully saturated rings. The van der Waals surface area contributed by atoms with Gasteiger partial charge in [-0.05, 0) is 41.5 Å². The smallest absolute Gasteiger partial charge is 0.104 e. The zero-order valence-electron chi connectivity index (χ0n) is 6.42. The molecule has 0 saturated carbocycles. The van der Waals surface area contributed by atoms with E-state index in [1.54, 1.807) is 12.1 Å². The molecular formula is C8H8BrN3. The molecule has 3 nitrogen and oxygen atoms in total. The van der Waals surface area contributed by atoms with Gasteiger partial charge in [0.25, 0.3) is 0 Å². The van der Waals surface area contributed by atoms with E-state index >= 15 is 0 Å². The van der Waals surface area contributed by atoms with Crippen LogP contribution in [-0.2, 0) is 0 Å². The fourth-order valence-corrected chi connectivity index (χ4v) is 1.31. The van der Waals surface area contributed by atoms with Gasteiger partial charge in [-0.25, -0.2) is 0 Å². The van der Waals surface area contributed by atoms with Gasteiger partial charge in [0, 0.05) is 5.69 Å². The lowest BCUT2D eigenvalue weighted by atomic mass is 10.2. The molecule has 1 aromatic carbocycles. The second-order valence-corrected chi connectivity index (χ2v) is 2.95. The van der Waals surface area contributed by atoms with Gasteiger partial charge in [0.15, 0.2) is 0 Å². The van der Waals surface area contributed by atoms with Gasteiger partial charge in [-0.1, -0.05) is 0 Å². The Labute approximate surface area is 79.2 Å². The van der Waals surface area contributed by atoms with Crippen LogP contribution in [-0.4, -0.2) is 13.4 Å². The van der Waals surface area contributed by atoms with Gasteiger partial charge >= 0.3 is 0 Å². The van der Waals surface area contributed by atoms with Crippen LogP contribution in [0.15, 0.2) is 26.6 Å². The van der Waals surface area contributed by atoms with E-state index in [1.165, 1.54) is 0 Å². The second kappa shape index (κ2) is 3.49. The third-order valence-corrected chi connectivity index (χ3v) is 2.29. The van der Waals surface area contributed by atoms with Crippen LogP contribution >= 0.6 is 15.9 Å². The van der Waals surface area contributed by atoms with Crippen LogP contribution in [0.4, 0.5) is 17.1 Å². The summed E-state index contributed by atoms with van der Waals surface area (Å²) in [6.07, 6.45) is 0. The third kappa shape index (κ3) is 1.38. The number of rotatable bonds is 2. The number of nitrogens with zero attached hydrogens (tertiary/aromatic N) is 2. The van der Waals surface area contributed by atoms with Gasteiger partial charge in [0.1, 0.15) is 5.69 Å². The predicted molar refractivity (Wildman–Crippen MR) is 57.0 cm³/mol. The Kier molecular flexibility index (Phi) is 2.60. The van der Waals surface area contributed by atoms with Crippen molar-refractivity contribution in [2.45, 2.75) is 0 Å². The van der Waals surface area contributed by atoms with E-state index in [0.717, 1.165) is 0 Å². The molecule has 2 N–H and O–H groups in total. The van der Waals surface area contributed by atoms with Crippen LogP contribution in [0.3, 0.4) is 0 Å². The summed E-state index contributed by atoms with van der Waals surface area (Å²) in [7, 11) is 0. The third-order valence-electron chi connectivity index (χ3n) is 1.45. The van der Waals surface area contributed by atoms with Gasteiger partial charge in [-0.3, -0.25) is 9.98 Å². The van der Waals surface area contributed by atoms with E-state index < -0.39 is 0 Å². The maximum absolute atomic E-state index is 5.62. The first-order valence-corrected chi connectivity index (χ1v) is 4.01. The number of hydrogen-bond donors (Lipinski definition) is 1. The summed E-state index contributed by atoms with van der Waals surface area (Å²) in [5.74, 6) is 0. The molecule has 0 aromatic heterocycles. The quantitative estimate of drug-likeness (QED) is 0.611. The van der Waals surface area contributed by atoms with Gasteiger partial charge in [-0.2, -0.15) is 0 Å². The summed E-state index contributed by atoms with van der Waals surface area (Å²) >= 11 is 3.29. The molecule has 0 aliphatic heterocycles. The summed E-state index contributed by atoms with van der Waals surface area (Å²) < 4.78 is 0.711. The van der Waals surface area contributed by atoms with Crippen molar-refractivity contribution in [1.29, 1.82) is 0 Å². The number of anilines is 1. The van der Waals surface area contributed by atoms with Crippen molar-refractivity contribution in [3.8, 4) is 0 Å². The van der Waals surface area contributed by atoms with Crippen LogP contribution in [0, 0.1) is 0 Å². The summed E-state index contributed by atoms with van der Waals surface area (Å²) in [5, 5.41) is 0. The molecule has 0 saturated heterocycles. The molecule has 0 spiro atoms. The zero-order chi connectivity index (χ0) is 9.14. The number of hydrogen-bond acceptors (Lipinski definition) is 3. The highest BCUT2D eigenvalue weighted by atomic mass is 79.9. The van der Waals surface area contributed by atoms with E-state index in [-0.39, 0.29) is 0 Å². The Bertz CT molecular complexity index is 333. The molecule has 1 aromatic rings. The van der Waals surface area contributed by atoms with Crippen molar-refractivity contribution in [3.63, 3.8) is 0 Å².